The van der Waals surface area contributed by atoms with E-state index in [1.54, 1.807) is 12.4 Å². The Morgan fingerprint density at radius 2 is 1.42 bits per heavy atom. The van der Waals surface area contributed by atoms with Crippen LogP contribution in [-0.4, -0.2) is 11.5 Å². The van der Waals surface area contributed by atoms with Crippen LogP contribution in [0.25, 0.3) is 11.1 Å². The minimum Gasteiger partial charge on any atom is -0.330 e. The molecule has 4 heteroatoms. The van der Waals surface area contributed by atoms with Gasteiger partial charge < -0.3 is 5.73 Å². The van der Waals surface area contributed by atoms with Crippen molar-refractivity contribution in [1.82, 2.24) is 4.98 Å². The Morgan fingerprint density at radius 1 is 0.792 bits per heavy atom. The van der Waals surface area contributed by atoms with Crippen LogP contribution in [0.4, 0.5) is 0 Å². The van der Waals surface area contributed by atoms with Crippen molar-refractivity contribution in [3.63, 3.8) is 0 Å². The molecule has 0 spiro atoms. The number of nitrogens with two attached hydrogens (primary N) is 1. The van der Waals surface area contributed by atoms with Gasteiger partial charge in [-0.25, -0.2) is 0 Å². The van der Waals surface area contributed by atoms with Gasteiger partial charge in [-0.05, 0) is 59.5 Å². The van der Waals surface area contributed by atoms with Crippen LogP contribution in [-0.2, 0) is 0 Å². The summed E-state index contributed by atoms with van der Waals surface area (Å²) in [5.41, 5.74) is 10.5. The molecule has 2 nitrogen and oxygen atoms in total. The average molecular weight is 357 g/mol. The summed E-state index contributed by atoms with van der Waals surface area (Å²) in [5.74, 6) is 0.205. The first-order valence-corrected chi connectivity index (χ1v) is 8.60. The van der Waals surface area contributed by atoms with Gasteiger partial charge in [0, 0.05) is 18.3 Å². The first-order valence-electron chi connectivity index (χ1n) is 7.84. The Bertz CT molecular complexity index is 802. The van der Waals surface area contributed by atoms with Crippen LogP contribution in [0.15, 0.2) is 67.0 Å². The predicted molar refractivity (Wildman–Crippen MR) is 102 cm³/mol. The second-order valence-electron chi connectivity index (χ2n) is 5.66. The average Bonchev–Trinajstić information content (AvgIpc) is 2.63. The summed E-state index contributed by atoms with van der Waals surface area (Å²) >= 11 is 12.2. The summed E-state index contributed by atoms with van der Waals surface area (Å²) in [4.78, 5) is 4.06. The number of hydrogen-bond acceptors (Lipinski definition) is 2. The molecular weight excluding hydrogens is 339 g/mol. The molecule has 3 aromatic rings. The van der Waals surface area contributed by atoms with E-state index in [2.05, 4.69) is 29.2 Å². The summed E-state index contributed by atoms with van der Waals surface area (Å²) < 4.78 is 0. The van der Waals surface area contributed by atoms with Gasteiger partial charge in [0.25, 0.3) is 0 Å². The van der Waals surface area contributed by atoms with Crippen LogP contribution >= 0.6 is 23.2 Å². The first kappa shape index (κ1) is 17.0. The molecule has 0 aliphatic carbocycles. The molecule has 0 bridgehead atoms. The number of halogens is 2. The fraction of sp³-hybridized carbons (Fsp3) is 0.150. The lowest BCUT2D eigenvalue weighted by Gasteiger charge is -2.18. The SMILES string of the molecule is NCCC(c1ccc(-c2ccncc2)cc1)c1ccc(Cl)c(Cl)c1. The summed E-state index contributed by atoms with van der Waals surface area (Å²) in [7, 11) is 0. The van der Waals surface area contributed by atoms with Crippen molar-refractivity contribution in [3.05, 3.63) is 88.2 Å². The molecule has 2 aromatic carbocycles. The molecule has 1 atom stereocenters. The van der Waals surface area contributed by atoms with Gasteiger partial charge in [-0.3, -0.25) is 4.98 Å². The maximum Gasteiger partial charge on any atom is 0.0595 e. The fourth-order valence-corrected chi connectivity index (χ4v) is 3.18. The predicted octanol–water partition coefficient (Wildman–Crippen LogP) is 5.54. The summed E-state index contributed by atoms with van der Waals surface area (Å²) in [6.45, 7) is 0.608. The number of aromatic nitrogens is 1. The maximum absolute atomic E-state index is 6.18. The normalized spacial score (nSPS) is 12.1. The van der Waals surface area contributed by atoms with Crippen molar-refractivity contribution in [3.8, 4) is 11.1 Å². The lowest BCUT2D eigenvalue weighted by molar-refractivity contribution is 0.726. The van der Waals surface area contributed by atoms with E-state index in [1.165, 1.54) is 11.1 Å². The van der Waals surface area contributed by atoms with Gasteiger partial charge in [-0.2, -0.15) is 0 Å². The van der Waals surface area contributed by atoms with Gasteiger partial charge >= 0.3 is 0 Å². The minimum atomic E-state index is 0.205. The molecule has 122 valence electrons. The highest BCUT2D eigenvalue weighted by Gasteiger charge is 2.15. The zero-order chi connectivity index (χ0) is 16.9. The highest BCUT2D eigenvalue weighted by atomic mass is 35.5. The van der Waals surface area contributed by atoms with Crippen molar-refractivity contribution in [2.75, 3.05) is 6.54 Å². The zero-order valence-corrected chi connectivity index (χ0v) is 14.6. The van der Waals surface area contributed by atoms with Crippen LogP contribution in [0.3, 0.4) is 0 Å². The van der Waals surface area contributed by atoms with Crippen LogP contribution < -0.4 is 5.73 Å². The molecule has 0 radical (unpaired) electrons. The van der Waals surface area contributed by atoms with Gasteiger partial charge in [0.05, 0.1) is 10.0 Å². The van der Waals surface area contributed by atoms with Gasteiger partial charge in [-0.15, -0.1) is 0 Å². The summed E-state index contributed by atoms with van der Waals surface area (Å²) in [6.07, 6.45) is 4.46. The molecule has 0 amide bonds. The second-order valence-corrected chi connectivity index (χ2v) is 6.48. The van der Waals surface area contributed by atoms with E-state index in [4.69, 9.17) is 28.9 Å². The second kappa shape index (κ2) is 7.80. The fourth-order valence-electron chi connectivity index (χ4n) is 2.87. The Morgan fingerprint density at radius 3 is 2.04 bits per heavy atom. The zero-order valence-electron chi connectivity index (χ0n) is 13.1. The van der Waals surface area contributed by atoms with Crippen LogP contribution in [0.5, 0.6) is 0 Å². The van der Waals surface area contributed by atoms with Crippen LogP contribution in [0, 0.1) is 0 Å². The standard InChI is InChI=1S/C20H18Cl2N2/c21-19-6-5-17(13-20(19)22)18(7-10-23)16-3-1-14(2-4-16)15-8-11-24-12-9-15/h1-6,8-9,11-13,18H,7,10,23H2. The van der Waals surface area contributed by atoms with E-state index < -0.39 is 0 Å². The topological polar surface area (TPSA) is 38.9 Å². The number of benzene rings is 2. The van der Waals surface area contributed by atoms with E-state index in [-0.39, 0.29) is 5.92 Å². The Hall–Kier alpha value is -1.87. The Balaban J connectivity index is 1.92. The van der Waals surface area contributed by atoms with Crippen molar-refractivity contribution in [2.24, 2.45) is 5.73 Å². The van der Waals surface area contributed by atoms with Crippen molar-refractivity contribution in [1.29, 1.82) is 0 Å². The van der Waals surface area contributed by atoms with Crippen molar-refractivity contribution < 1.29 is 0 Å². The molecule has 0 aliphatic rings. The monoisotopic (exact) mass is 356 g/mol. The van der Waals surface area contributed by atoms with Crippen molar-refractivity contribution in [2.45, 2.75) is 12.3 Å². The van der Waals surface area contributed by atoms with Gasteiger partial charge in [0.2, 0.25) is 0 Å². The number of rotatable bonds is 5. The molecule has 0 saturated carbocycles. The van der Waals surface area contributed by atoms with E-state index in [0.717, 1.165) is 17.5 Å². The molecule has 0 aliphatic heterocycles. The highest BCUT2D eigenvalue weighted by molar-refractivity contribution is 6.42. The molecule has 24 heavy (non-hydrogen) atoms. The van der Waals surface area contributed by atoms with Crippen LogP contribution in [0.1, 0.15) is 23.5 Å². The lowest BCUT2D eigenvalue weighted by Crippen LogP contribution is -2.09. The molecular formula is C20H18Cl2N2. The lowest BCUT2D eigenvalue weighted by atomic mass is 9.88. The molecule has 3 rings (SSSR count). The van der Waals surface area contributed by atoms with Crippen molar-refractivity contribution >= 4 is 23.2 Å². The first-order chi connectivity index (χ1) is 11.7. The molecule has 0 fully saturated rings. The smallest absolute Gasteiger partial charge is 0.0595 e. The molecule has 0 saturated heterocycles. The molecule has 2 N–H and O–H groups in total. The number of nitrogens with zero attached hydrogens (tertiary/aromatic N) is 1. The molecule has 1 aromatic heterocycles. The largest absolute Gasteiger partial charge is 0.330 e. The van der Waals surface area contributed by atoms with Gasteiger partial charge in [0.15, 0.2) is 0 Å². The third-order valence-electron chi connectivity index (χ3n) is 4.13. The molecule has 1 heterocycles. The highest BCUT2D eigenvalue weighted by Crippen LogP contribution is 2.33. The van der Waals surface area contributed by atoms with E-state index in [9.17, 15) is 0 Å². The summed E-state index contributed by atoms with van der Waals surface area (Å²) in [6, 6.07) is 18.4. The molecule has 1 unspecified atom stereocenters. The third-order valence-corrected chi connectivity index (χ3v) is 4.87. The minimum absolute atomic E-state index is 0.205. The Kier molecular flexibility index (Phi) is 5.52. The third kappa shape index (κ3) is 3.78. The number of hydrogen-bond donors (Lipinski definition) is 1. The van der Waals surface area contributed by atoms with E-state index in [0.29, 0.717) is 16.6 Å². The van der Waals surface area contributed by atoms with E-state index >= 15 is 0 Å². The summed E-state index contributed by atoms with van der Waals surface area (Å²) in [5, 5.41) is 1.14. The van der Waals surface area contributed by atoms with E-state index in [1.807, 2.05) is 30.3 Å². The van der Waals surface area contributed by atoms with Crippen LogP contribution in [0.2, 0.25) is 10.0 Å². The Labute approximate surface area is 152 Å². The van der Waals surface area contributed by atoms with Gasteiger partial charge in [0.1, 0.15) is 0 Å². The number of pyridine rings is 1. The maximum atomic E-state index is 6.18. The quantitative estimate of drug-likeness (QED) is 0.651. The van der Waals surface area contributed by atoms with Gasteiger partial charge in [-0.1, -0.05) is 53.5 Å².